The third-order valence-electron chi connectivity index (χ3n) is 3.05. The van der Waals surface area contributed by atoms with Gasteiger partial charge in [0.25, 0.3) is 0 Å². The molecule has 1 heterocycles. The summed E-state index contributed by atoms with van der Waals surface area (Å²) in [5.41, 5.74) is 0.857. The quantitative estimate of drug-likeness (QED) is 0.919. The minimum absolute atomic E-state index is 0.000814. The second-order valence-corrected chi connectivity index (χ2v) is 5.33. The maximum absolute atomic E-state index is 13.4. The van der Waals surface area contributed by atoms with Gasteiger partial charge in [-0.05, 0) is 27.6 Å². The van der Waals surface area contributed by atoms with E-state index in [4.69, 9.17) is 9.84 Å². The van der Waals surface area contributed by atoms with E-state index in [1.807, 2.05) is 6.07 Å². The lowest BCUT2D eigenvalue weighted by atomic mass is 10.1. The lowest BCUT2D eigenvalue weighted by Gasteiger charge is -2.32. The summed E-state index contributed by atoms with van der Waals surface area (Å²) in [6.07, 6.45) is -0.292. The van der Waals surface area contributed by atoms with E-state index < -0.39 is 5.97 Å². The molecule has 0 amide bonds. The van der Waals surface area contributed by atoms with Gasteiger partial charge in [-0.3, -0.25) is 9.69 Å². The molecule has 1 fully saturated rings. The Balaban J connectivity index is 1.98. The van der Waals surface area contributed by atoms with E-state index in [1.54, 1.807) is 6.07 Å². The SMILES string of the molecule is O=C(O)CC1CN(Cc2cccc(F)c2Br)CCO1. The van der Waals surface area contributed by atoms with Crippen molar-refractivity contribution in [3.63, 3.8) is 0 Å². The van der Waals surface area contributed by atoms with Gasteiger partial charge in [0.1, 0.15) is 5.82 Å². The van der Waals surface area contributed by atoms with Gasteiger partial charge in [0, 0.05) is 19.6 Å². The highest BCUT2D eigenvalue weighted by atomic mass is 79.9. The van der Waals surface area contributed by atoms with Crippen LogP contribution in [0.1, 0.15) is 12.0 Å². The Labute approximate surface area is 119 Å². The fourth-order valence-corrected chi connectivity index (χ4v) is 2.54. The van der Waals surface area contributed by atoms with Crippen LogP contribution >= 0.6 is 15.9 Å². The fraction of sp³-hybridized carbons (Fsp3) is 0.462. The number of carboxylic acid groups (broad SMARTS) is 1. The van der Waals surface area contributed by atoms with E-state index in [1.165, 1.54) is 6.07 Å². The Bertz CT molecular complexity index is 469. The van der Waals surface area contributed by atoms with E-state index in [0.717, 1.165) is 12.1 Å². The van der Waals surface area contributed by atoms with Crippen molar-refractivity contribution in [1.82, 2.24) is 4.90 Å². The van der Waals surface area contributed by atoms with Crippen molar-refractivity contribution in [2.75, 3.05) is 19.7 Å². The van der Waals surface area contributed by atoms with Crippen LogP contribution in [0.15, 0.2) is 22.7 Å². The Morgan fingerprint density at radius 2 is 2.37 bits per heavy atom. The molecule has 1 N–H and O–H groups in total. The van der Waals surface area contributed by atoms with Gasteiger partial charge < -0.3 is 9.84 Å². The van der Waals surface area contributed by atoms with Gasteiger partial charge in [-0.1, -0.05) is 12.1 Å². The number of morpholine rings is 1. The highest BCUT2D eigenvalue weighted by Crippen LogP contribution is 2.22. The van der Waals surface area contributed by atoms with Crippen molar-refractivity contribution in [2.24, 2.45) is 0 Å². The van der Waals surface area contributed by atoms with Crippen molar-refractivity contribution in [2.45, 2.75) is 19.1 Å². The van der Waals surface area contributed by atoms with Crippen LogP contribution < -0.4 is 0 Å². The van der Waals surface area contributed by atoms with Gasteiger partial charge in [0.15, 0.2) is 0 Å². The Morgan fingerprint density at radius 3 is 3.11 bits per heavy atom. The zero-order valence-electron chi connectivity index (χ0n) is 10.3. The van der Waals surface area contributed by atoms with Crippen molar-refractivity contribution < 1.29 is 19.0 Å². The van der Waals surface area contributed by atoms with Crippen LogP contribution in [0.25, 0.3) is 0 Å². The van der Waals surface area contributed by atoms with Crippen LogP contribution in [0.4, 0.5) is 4.39 Å². The third-order valence-corrected chi connectivity index (χ3v) is 3.94. The number of hydrogen-bond acceptors (Lipinski definition) is 3. The van der Waals surface area contributed by atoms with Gasteiger partial charge >= 0.3 is 5.97 Å². The normalized spacial score (nSPS) is 20.4. The Morgan fingerprint density at radius 1 is 1.58 bits per heavy atom. The molecule has 1 atom stereocenters. The van der Waals surface area contributed by atoms with Gasteiger partial charge in [0.2, 0.25) is 0 Å². The summed E-state index contributed by atoms with van der Waals surface area (Å²) in [5.74, 6) is -1.15. The smallest absolute Gasteiger partial charge is 0.306 e. The summed E-state index contributed by atoms with van der Waals surface area (Å²) in [7, 11) is 0. The highest BCUT2D eigenvalue weighted by Gasteiger charge is 2.23. The minimum Gasteiger partial charge on any atom is -0.481 e. The van der Waals surface area contributed by atoms with Crippen molar-refractivity contribution in [1.29, 1.82) is 0 Å². The van der Waals surface area contributed by atoms with Gasteiger partial charge in [-0.2, -0.15) is 0 Å². The topological polar surface area (TPSA) is 49.8 Å². The molecule has 6 heteroatoms. The average molecular weight is 332 g/mol. The molecule has 1 aliphatic heterocycles. The maximum Gasteiger partial charge on any atom is 0.306 e. The first-order valence-electron chi connectivity index (χ1n) is 6.05. The predicted molar refractivity (Wildman–Crippen MR) is 71.4 cm³/mol. The molecule has 1 aromatic rings. The standard InChI is InChI=1S/C13H15BrFNO3/c14-13-9(2-1-3-11(13)15)7-16-4-5-19-10(8-16)6-12(17)18/h1-3,10H,4-8H2,(H,17,18). The predicted octanol–water partition coefficient (Wildman–Crippen LogP) is 2.26. The van der Waals surface area contributed by atoms with Gasteiger partial charge in [0.05, 0.1) is 23.6 Å². The lowest BCUT2D eigenvalue weighted by Crippen LogP contribution is -2.42. The Hall–Kier alpha value is -0.980. The van der Waals surface area contributed by atoms with E-state index in [0.29, 0.717) is 24.2 Å². The molecule has 19 heavy (non-hydrogen) atoms. The molecular weight excluding hydrogens is 317 g/mol. The summed E-state index contributed by atoms with van der Waals surface area (Å²) in [6, 6.07) is 4.93. The zero-order valence-corrected chi connectivity index (χ0v) is 11.9. The molecule has 0 aliphatic carbocycles. The number of aliphatic carboxylic acids is 1. The van der Waals surface area contributed by atoms with E-state index >= 15 is 0 Å². The van der Waals surface area contributed by atoms with Crippen LogP contribution in [0.2, 0.25) is 0 Å². The number of benzene rings is 1. The summed E-state index contributed by atoms with van der Waals surface area (Å²) < 4.78 is 19.3. The number of carboxylic acids is 1. The molecule has 1 aliphatic rings. The first kappa shape index (κ1) is 14.4. The molecule has 1 unspecified atom stereocenters. The number of carbonyl (C=O) groups is 1. The molecule has 0 bridgehead atoms. The van der Waals surface area contributed by atoms with Gasteiger partial charge in [-0.15, -0.1) is 0 Å². The van der Waals surface area contributed by atoms with E-state index in [2.05, 4.69) is 20.8 Å². The molecule has 4 nitrogen and oxygen atoms in total. The van der Waals surface area contributed by atoms with Crippen molar-refractivity contribution in [3.8, 4) is 0 Å². The number of ether oxygens (including phenoxy) is 1. The first-order valence-corrected chi connectivity index (χ1v) is 6.84. The van der Waals surface area contributed by atoms with Crippen LogP contribution in [-0.2, 0) is 16.1 Å². The Kier molecular flexibility index (Phi) is 4.90. The molecule has 0 radical (unpaired) electrons. The third kappa shape index (κ3) is 3.99. The molecule has 0 spiro atoms. The molecule has 0 saturated carbocycles. The van der Waals surface area contributed by atoms with E-state index in [-0.39, 0.29) is 18.3 Å². The zero-order chi connectivity index (χ0) is 13.8. The molecule has 104 valence electrons. The average Bonchev–Trinajstić information content (AvgIpc) is 2.35. The maximum atomic E-state index is 13.4. The molecule has 0 aromatic heterocycles. The van der Waals surface area contributed by atoms with Crippen LogP contribution in [-0.4, -0.2) is 41.8 Å². The summed E-state index contributed by atoms with van der Waals surface area (Å²) in [6.45, 7) is 2.36. The first-order chi connectivity index (χ1) is 9.06. The fourth-order valence-electron chi connectivity index (χ4n) is 2.15. The molecule has 1 saturated heterocycles. The second-order valence-electron chi connectivity index (χ2n) is 4.54. The lowest BCUT2D eigenvalue weighted by molar-refractivity contribution is -0.142. The molecule has 2 rings (SSSR count). The van der Waals surface area contributed by atoms with Crippen LogP contribution in [0.3, 0.4) is 0 Å². The summed E-state index contributed by atoms with van der Waals surface area (Å²) in [4.78, 5) is 12.8. The number of nitrogens with zero attached hydrogens (tertiary/aromatic N) is 1. The summed E-state index contributed by atoms with van der Waals surface area (Å²) in [5, 5.41) is 8.77. The van der Waals surface area contributed by atoms with Crippen LogP contribution in [0, 0.1) is 5.82 Å². The van der Waals surface area contributed by atoms with Crippen molar-refractivity contribution >= 4 is 21.9 Å². The number of halogens is 2. The number of hydrogen-bond donors (Lipinski definition) is 1. The van der Waals surface area contributed by atoms with Crippen LogP contribution in [0.5, 0.6) is 0 Å². The highest BCUT2D eigenvalue weighted by molar-refractivity contribution is 9.10. The molecular formula is C13H15BrFNO3. The summed E-state index contributed by atoms with van der Waals surface area (Å²) >= 11 is 3.24. The van der Waals surface area contributed by atoms with Crippen molar-refractivity contribution in [3.05, 3.63) is 34.1 Å². The molecule has 1 aromatic carbocycles. The minimum atomic E-state index is -0.862. The monoisotopic (exact) mass is 331 g/mol. The largest absolute Gasteiger partial charge is 0.481 e. The van der Waals surface area contributed by atoms with E-state index in [9.17, 15) is 9.18 Å². The van der Waals surface area contributed by atoms with Gasteiger partial charge in [-0.25, -0.2) is 4.39 Å². The number of rotatable bonds is 4. The second kappa shape index (κ2) is 6.45.